The van der Waals surface area contributed by atoms with E-state index in [1.807, 2.05) is 31.2 Å². The number of hydrogen-bond acceptors (Lipinski definition) is 7. The molecule has 3 aromatic rings. The number of nitro groups is 1. The van der Waals surface area contributed by atoms with Gasteiger partial charge in [0.2, 0.25) is 11.7 Å². The standard InChI is InChI=1S/C23H26N6O4/c1-17-7-9-18(10-8-17)22-25-21(33-26-22)6-3-11-27-12-14-28(15-13-27)23(30)24-19-4-2-5-20(16-19)29(31)32/h2,4-5,7-10,16H,3,6,11-15H2,1H3,(H,24,30). The minimum atomic E-state index is -0.480. The molecular formula is C23H26N6O4. The molecule has 0 aliphatic carbocycles. The smallest absolute Gasteiger partial charge is 0.321 e. The molecule has 172 valence electrons. The summed E-state index contributed by atoms with van der Waals surface area (Å²) in [5, 5.41) is 17.7. The van der Waals surface area contributed by atoms with Crippen LogP contribution in [0.4, 0.5) is 16.2 Å². The van der Waals surface area contributed by atoms with Crippen LogP contribution >= 0.6 is 0 Å². The van der Waals surface area contributed by atoms with Crippen LogP contribution in [0, 0.1) is 17.0 Å². The summed E-state index contributed by atoms with van der Waals surface area (Å²) in [7, 11) is 0. The maximum absolute atomic E-state index is 12.5. The van der Waals surface area contributed by atoms with Crippen LogP contribution in [0.3, 0.4) is 0 Å². The zero-order valence-electron chi connectivity index (χ0n) is 18.4. The molecule has 1 aliphatic rings. The first kappa shape index (κ1) is 22.4. The van der Waals surface area contributed by atoms with Crippen LogP contribution in [0.5, 0.6) is 0 Å². The van der Waals surface area contributed by atoms with Gasteiger partial charge in [0.05, 0.1) is 4.92 Å². The highest BCUT2D eigenvalue weighted by Crippen LogP contribution is 2.19. The van der Waals surface area contributed by atoms with E-state index in [1.54, 1.807) is 17.0 Å². The van der Waals surface area contributed by atoms with Crippen molar-refractivity contribution in [2.75, 3.05) is 38.0 Å². The predicted molar refractivity (Wildman–Crippen MR) is 123 cm³/mol. The summed E-state index contributed by atoms with van der Waals surface area (Å²) in [6.07, 6.45) is 1.59. The summed E-state index contributed by atoms with van der Waals surface area (Å²) < 4.78 is 5.38. The molecule has 10 nitrogen and oxygen atoms in total. The summed E-state index contributed by atoms with van der Waals surface area (Å²) in [5.41, 5.74) is 2.49. The average Bonchev–Trinajstić information content (AvgIpc) is 3.29. The number of carbonyl (C=O) groups is 1. The third-order valence-corrected chi connectivity index (χ3v) is 5.61. The van der Waals surface area contributed by atoms with Crippen molar-refractivity contribution in [2.45, 2.75) is 19.8 Å². The number of benzene rings is 2. The molecule has 2 heterocycles. The first-order chi connectivity index (χ1) is 16.0. The van der Waals surface area contributed by atoms with E-state index in [4.69, 9.17) is 4.52 Å². The zero-order chi connectivity index (χ0) is 23.2. The van der Waals surface area contributed by atoms with Gasteiger partial charge in [-0.25, -0.2) is 4.79 Å². The Morgan fingerprint density at radius 3 is 2.64 bits per heavy atom. The minimum absolute atomic E-state index is 0.0511. The number of urea groups is 1. The predicted octanol–water partition coefficient (Wildman–Crippen LogP) is 3.74. The van der Waals surface area contributed by atoms with Gasteiger partial charge in [-0.3, -0.25) is 15.0 Å². The van der Waals surface area contributed by atoms with Gasteiger partial charge < -0.3 is 14.7 Å². The number of nitro benzene ring substituents is 1. The van der Waals surface area contributed by atoms with Gasteiger partial charge in [0, 0.05) is 56.0 Å². The molecule has 1 aliphatic heterocycles. The van der Waals surface area contributed by atoms with Crippen molar-refractivity contribution in [3.8, 4) is 11.4 Å². The van der Waals surface area contributed by atoms with Crippen LogP contribution in [-0.2, 0) is 6.42 Å². The van der Waals surface area contributed by atoms with Crippen molar-refractivity contribution in [1.82, 2.24) is 19.9 Å². The monoisotopic (exact) mass is 450 g/mol. The largest absolute Gasteiger partial charge is 0.339 e. The fourth-order valence-corrected chi connectivity index (χ4v) is 3.70. The van der Waals surface area contributed by atoms with Gasteiger partial charge in [-0.05, 0) is 26.0 Å². The van der Waals surface area contributed by atoms with Crippen molar-refractivity contribution >= 4 is 17.4 Å². The lowest BCUT2D eigenvalue weighted by Gasteiger charge is -2.34. The molecule has 1 N–H and O–H groups in total. The van der Waals surface area contributed by atoms with E-state index in [9.17, 15) is 14.9 Å². The maximum atomic E-state index is 12.5. The van der Waals surface area contributed by atoms with Crippen LogP contribution in [0.15, 0.2) is 53.1 Å². The van der Waals surface area contributed by atoms with E-state index in [1.165, 1.54) is 17.7 Å². The number of nitrogens with one attached hydrogen (secondary N) is 1. The van der Waals surface area contributed by atoms with Crippen molar-refractivity contribution in [3.05, 3.63) is 70.1 Å². The molecule has 0 saturated carbocycles. The van der Waals surface area contributed by atoms with Crippen LogP contribution in [-0.4, -0.2) is 63.6 Å². The van der Waals surface area contributed by atoms with Crippen molar-refractivity contribution in [3.63, 3.8) is 0 Å². The summed E-state index contributed by atoms with van der Waals surface area (Å²) in [6, 6.07) is 13.7. The summed E-state index contributed by atoms with van der Waals surface area (Å²) in [5.74, 6) is 1.23. The Morgan fingerprint density at radius 1 is 1.15 bits per heavy atom. The Bertz CT molecular complexity index is 1110. The first-order valence-electron chi connectivity index (χ1n) is 10.9. The van der Waals surface area contributed by atoms with Gasteiger partial charge in [-0.15, -0.1) is 0 Å². The van der Waals surface area contributed by atoms with E-state index >= 15 is 0 Å². The molecule has 0 spiro atoms. The number of rotatable bonds is 7. The molecule has 4 rings (SSSR count). The lowest BCUT2D eigenvalue weighted by molar-refractivity contribution is -0.384. The van der Waals surface area contributed by atoms with E-state index in [0.29, 0.717) is 36.9 Å². The first-order valence-corrected chi connectivity index (χ1v) is 10.9. The van der Waals surface area contributed by atoms with Crippen LogP contribution in [0.25, 0.3) is 11.4 Å². The highest BCUT2D eigenvalue weighted by atomic mass is 16.6. The molecule has 10 heteroatoms. The van der Waals surface area contributed by atoms with E-state index in [-0.39, 0.29) is 11.7 Å². The van der Waals surface area contributed by atoms with Gasteiger partial charge in [-0.2, -0.15) is 4.98 Å². The Balaban J connectivity index is 1.19. The number of piperazine rings is 1. The number of hydrogen-bond donors (Lipinski definition) is 1. The van der Waals surface area contributed by atoms with Gasteiger partial charge in [0.1, 0.15) is 0 Å². The number of aromatic nitrogens is 2. The molecule has 0 bridgehead atoms. The van der Waals surface area contributed by atoms with Crippen molar-refractivity contribution in [1.29, 1.82) is 0 Å². The number of nitrogens with zero attached hydrogens (tertiary/aromatic N) is 5. The van der Waals surface area contributed by atoms with E-state index in [2.05, 4.69) is 20.4 Å². The third-order valence-electron chi connectivity index (χ3n) is 5.61. The topological polar surface area (TPSA) is 118 Å². The second-order valence-electron chi connectivity index (χ2n) is 8.05. The Labute approximate surface area is 191 Å². The quantitative estimate of drug-likeness (QED) is 0.430. The van der Waals surface area contributed by atoms with Gasteiger partial charge in [0.25, 0.3) is 5.69 Å². The Kier molecular flexibility index (Phi) is 6.94. The van der Waals surface area contributed by atoms with Crippen molar-refractivity contribution in [2.24, 2.45) is 0 Å². The molecular weight excluding hydrogens is 424 g/mol. The number of amides is 2. The third kappa shape index (κ3) is 5.92. The maximum Gasteiger partial charge on any atom is 0.321 e. The van der Waals surface area contributed by atoms with E-state index in [0.717, 1.165) is 31.6 Å². The van der Waals surface area contributed by atoms with Crippen LogP contribution in [0.2, 0.25) is 0 Å². The summed E-state index contributed by atoms with van der Waals surface area (Å²) in [6.45, 7) is 5.64. The number of anilines is 1. The lowest BCUT2D eigenvalue weighted by atomic mass is 10.1. The highest BCUT2D eigenvalue weighted by molar-refractivity contribution is 5.89. The van der Waals surface area contributed by atoms with Gasteiger partial charge in [0.15, 0.2) is 0 Å². The molecule has 1 aromatic heterocycles. The van der Waals surface area contributed by atoms with E-state index < -0.39 is 4.92 Å². The van der Waals surface area contributed by atoms with Gasteiger partial charge in [-0.1, -0.05) is 41.1 Å². The molecule has 0 atom stereocenters. The second kappa shape index (κ2) is 10.2. The summed E-state index contributed by atoms with van der Waals surface area (Å²) >= 11 is 0. The Hall–Kier alpha value is -3.79. The second-order valence-corrected chi connectivity index (χ2v) is 8.05. The highest BCUT2D eigenvalue weighted by Gasteiger charge is 2.21. The molecule has 0 unspecified atom stereocenters. The molecule has 1 saturated heterocycles. The SMILES string of the molecule is Cc1ccc(-c2noc(CCCN3CCN(C(=O)Nc4cccc([N+](=O)[O-])c4)CC3)n2)cc1. The van der Waals surface area contributed by atoms with Gasteiger partial charge >= 0.3 is 6.03 Å². The fourth-order valence-electron chi connectivity index (χ4n) is 3.70. The minimum Gasteiger partial charge on any atom is -0.339 e. The molecule has 33 heavy (non-hydrogen) atoms. The number of carbonyl (C=O) groups excluding carboxylic acids is 1. The number of non-ortho nitro benzene ring substituents is 1. The zero-order valence-corrected chi connectivity index (χ0v) is 18.4. The number of aryl methyl sites for hydroxylation is 2. The normalized spacial score (nSPS) is 14.3. The van der Waals surface area contributed by atoms with Crippen LogP contribution in [0.1, 0.15) is 17.9 Å². The molecule has 0 radical (unpaired) electrons. The Morgan fingerprint density at radius 2 is 1.91 bits per heavy atom. The average molecular weight is 450 g/mol. The van der Waals surface area contributed by atoms with Crippen LogP contribution < -0.4 is 5.32 Å². The lowest BCUT2D eigenvalue weighted by Crippen LogP contribution is -2.50. The van der Waals surface area contributed by atoms with Crippen molar-refractivity contribution < 1.29 is 14.2 Å². The summed E-state index contributed by atoms with van der Waals surface area (Å²) in [4.78, 5) is 31.4. The molecule has 1 fully saturated rings. The molecule has 2 amide bonds. The fraction of sp³-hybridized carbons (Fsp3) is 0.348. The molecule has 2 aromatic carbocycles.